The van der Waals surface area contributed by atoms with Gasteiger partial charge in [0.1, 0.15) is 0 Å². The number of hydrogen-bond donors (Lipinski definition) is 0. The molecule has 1 saturated heterocycles. The lowest BCUT2D eigenvalue weighted by Crippen LogP contribution is -2.53. The Morgan fingerprint density at radius 2 is 1.81 bits per heavy atom. The van der Waals surface area contributed by atoms with E-state index >= 15 is 0 Å². The molecule has 4 nitrogen and oxygen atoms in total. The van der Waals surface area contributed by atoms with E-state index in [0.717, 1.165) is 57.8 Å². The van der Waals surface area contributed by atoms with Gasteiger partial charge in [0.05, 0.1) is 12.1 Å². The van der Waals surface area contributed by atoms with Crippen LogP contribution >= 0.6 is 0 Å². The number of carbonyl (C=O) groups excluding carboxylic acids is 1. The van der Waals surface area contributed by atoms with Crippen LogP contribution in [0.4, 0.5) is 0 Å². The van der Waals surface area contributed by atoms with Gasteiger partial charge in [0.2, 0.25) is 5.91 Å². The number of nitriles is 1. The number of carbonyl (C=O) groups is 1. The minimum absolute atomic E-state index is 0.0304. The summed E-state index contributed by atoms with van der Waals surface area (Å²) in [7, 11) is 0. The first-order valence-corrected chi connectivity index (χ1v) is 8.58. The molecule has 0 radical (unpaired) electrons. The number of rotatable bonds is 4. The van der Waals surface area contributed by atoms with E-state index < -0.39 is 0 Å². The second-order valence-electron chi connectivity index (χ2n) is 6.75. The topological polar surface area (TPSA) is 47.3 Å². The number of hydrogen-bond acceptors (Lipinski definition) is 3. The van der Waals surface area contributed by atoms with Crippen LogP contribution in [0.2, 0.25) is 0 Å². The molecule has 4 heteroatoms. The summed E-state index contributed by atoms with van der Waals surface area (Å²) in [5.41, 5.74) is 0. The highest BCUT2D eigenvalue weighted by atomic mass is 16.2. The second-order valence-corrected chi connectivity index (χ2v) is 6.75. The number of nitrogens with zero attached hydrogens (tertiary/aromatic N) is 3. The van der Waals surface area contributed by atoms with Crippen LogP contribution in [-0.2, 0) is 4.79 Å². The first-order valence-electron chi connectivity index (χ1n) is 8.58. The smallest absolute Gasteiger partial charge is 0.225 e. The lowest BCUT2D eigenvalue weighted by molar-refractivity contribution is -0.138. The fraction of sp³-hybridized carbons (Fsp3) is 0.882. The van der Waals surface area contributed by atoms with Crippen LogP contribution in [0.5, 0.6) is 0 Å². The van der Waals surface area contributed by atoms with Crippen molar-refractivity contribution in [1.29, 1.82) is 5.26 Å². The van der Waals surface area contributed by atoms with Crippen LogP contribution in [0.1, 0.15) is 52.4 Å². The third-order valence-electron chi connectivity index (χ3n) is 5.14. The zero-order valence-electron chi connectivity index (χ0n) is 13.6. The summed E-state index contributed by atoms with van der Waals surface area (Å²) in [4.78, 5) is 16.9. The fourth-order valence-corrected chi connectivity index (χ4v) is 3.62. The summed E-state index contributed by atoms with van der Waals surface area (Å²) >= 11 is 0. The Bertz CT molecular complexity index is 374. The lowest BCUT2D eigenvalue weighted by atomic mass is 9.82. The molecular weight excluding hydrogens is 262 g/mol. The Kier molecular flexibility index (Phi) is 6.05. The molecule has 1 atom stereocenters. The Balaban J connectivity index is 1.80. The van der Waals surface area contributed by atoms with Crippen molar-refractivity contribution in [3.8, 4) is 6.07 Å². The SMILES string of the molecule is CCCC(C#N)N1CCN(C(=O)C2CCC(C)CC2)CC1. The molecule has 1 amide bonds. The van der Waals surface area contributed by atoms with Gasteiger partial charge in [-0.25, -0.2) is 0 Å². The quantitative estimate of drug-likeness (QED) is 0.800. The molecule has 0 aromatic rings. The standard InChI is InChI=1S/C17H29N3O/c1-3-4-16(13-18)19-9-11-20(12-10-19)17(21)15-7-5-14(2)6-8-15/h14-16H,3-12H2,1-2H3. The van der Waals surface area contributed by atoms with E-state index in [0.29, 0.717) is 5.91 Å². The summed E-state index contributed by atoms with van der Waals surface area (Å²) in [5, 5.41) is 9.24. The second kappa shape index (κ2) is 7.79. The van der Waals surface area contributed by atoms with Crippen molar-refractivity contribution < 1.29 is 4.79 Å². The Morgan fingerprint density at radius 3 is 2.33 bits per heavy atom. The van der Waals surface area contributed by atoms with Gasteiger partial charge >= 0.3 is 0 Å². The monoisotopic (exact) mass is 291 g/mol. The Hall–Kier alpha value is -1.08. The molecule has 0 bridgehead atoms. The molecule has 0 spiro atoms. The van der Waals surface area contributed by atoms with Crippen LogP contribution in [0.3, 0.4) is 0 Å². The highest BCUT2D eigenvalue weighted by Gasteiger charge is 2.31. The van der Waals surface area contributed by atoms with E-state index in [1.807, 2.05) is 4.90 Å². The molecule has 0 N–H and O–H groups in total. The highest BCUT2D eigenvalue weighted by Crippen LogP contribution is 2.29. The molecule has 21 heavy (non-hydrogen) atoms. The predicted molar refractivity (Wildman–Crippen MR) is 83.6 cm³/mol. The van der Waals surface area contributed by atoms with Crippen LogP contribution in [-0.4, -0.2) is 47.9 Å². The minimum Gasteiger partial charge on any atom is -0.340 e. The van der Waals surface area contributed by atoms with Crippen molar-refractivity contribution in [1.82, 2.24) is 9.80 Å². The zero-order chi connectivity index (χ0) is 15.2. The maximum Gasteiger partial charge on any atom is 0.225 e. The van der Waals surface area contributed by atoms with Gasteiger partial charge in [0.25, 0.3) is 0 Å². The Labute approximate surface area is 129 Å². The lowest BCUT2D eigenvalue weighted by Gasteiger charge is -2.39. The van der Waals surface area contributed by atoms with E-state index in [1.54, 1.807) is 0 Å². The molecule has 118 valence electrons. The van der Waals surface area contributed by atoms with Crippen molar-refractivity contribution in [2.24, 2.45) is 11.8 Å². The van der Waals surface area contributed by atoms with Gasteiger partial charge in [-0.05, 0) is 38.0 Å². The van der Waals surface area contributed by atoms with Crippen LogP contribution in [0.25, 0.3) is 0 Å². The van der Waals surface area contributed by atoms with Gasteiger partial charge in [0.15, 0.2) is 0 Å². The summed E-state index contributed by atoms with van der Waals surface area (Å²) in [6.45, 7) is 7.71. The number of piperazine rings is 1. The van der Waals surface area contributed by atoms with Crippen LogP contribution in [0, 0.1) is 23.2 Å². The van der Waals surface area contributed by atoms with Crippen molar-refractivity contribution in [3.05, 3.63) is 0 Å². The minimum atomic E-state index is 0.0304. The van der Waals surface area contributed by atoms with Gasteiger partial charge in [0, 0.05) is 32.1 Å². The van der Waals surface area contributed by atoms with Crippen molar-refractivity contribution in [3.63, 3.8) is 0 Å². The molecule has 2 aliphatic rings. The maximum absolute atomic E-state index is 12.6. The molecule has 1 aliphatic carbocycles. The van der Waals surface area contributed by atoms with Crippen LogP contribution in [0.15, 0.2) is 0 Å². The van der Waals surface area contributed by atoms with Gasteiger partial charge < -0.3 is 4.90 Å². The first kappa shape index (κ1) is 16.3. The van der Waals surface area contributed by atoms with E-state index in [-0.39, 0.29) is 12.0 Å². The summed E-state index contributed by atoms with van der Waals surface area (Å²) in [6, 6.07) is 2.44. The molecule has 2 fully saturated rings. The maximum atomic E-state index is 12.6. The molecule has 0 aromatic carbocycles. The Morgan fingerprint density at radius 1 is 1.19 bits per heavy atom. The average molecular weight is 291 g/mol. The van der Waals surface area contributed by atoms with E-state index in [2.05, 4.69) is 24.8 Å². The predicted octanol–water partition coefficient (Wildman–Crippen LogP) is 2.65. The fourth-order valence-electron chi connectivity index (χ4n) is 3.62. The van der Waals surface area contributed by atoms with Gasteiger partial charge in [-0.3, -0.25) is 9.69 Å². The zero-order valence-corrected chi connectivity index (χ0v) is 13.6. The van der Waals surface area contributed by atoms with Crippen molar-refractivity contribution in [2.75, 3.05) is 26.2 Å². The molecule has 1 unspecified atom stereocenters. The summed E-state index contributed by atoms with van der Waals surface area (Å²) in [6.07, 6.45) is 6.50. The van der Waals surface area contributed by atoms with Crippen molar-refractivity contribution >= 4 is 5.91 Å². The normalized spacial score (nSPS) is 28.9. The molecule has 2 rings (SSSR count). The van der Waals surface area contributed by atoms with E-state index in [9.17, 15) is 10.1 Å². The van der Waals surface area contributed by atoms with E-state index in [4.69, 9.17) is 0 Å². The van der Waals surface area contributed by atoms with Gasteiger partial charge in [-0.15, -0.1) is 0 Å². The summed E-state index contributed by atoms with van der Waals surface area (Å²) in [5.74, 6) is 1.41. The third kappa shape index (κ3) is 4.20. The average Bonchev–Trinajstić information content (AvgIpc) is 2.53. The molecular formula is C17H29N3O. The molecule has 1 aliphatic heterocycles. The summed E-state index contributed by atoms with van der Waals surface area (Å²) < 4.78 is 0. The molecule has 0 aromatic heterocycles. The first-order chi connectivity index (χ1) is 10.2. The highest BCUT2D eigenvalue weighted by molar-refractivity contribution is 5.79. The van der Waals surface area contributed by atoms with Crippen LogP contribution < -0.4 is 0 Å². The third-order valence-corrected chi connectivity index (χ3v) is 5.14. The molecule has 1 saturated carbocycles. The van der Waals surface area contributed by atoms with Crippen molar-refractivity contribution in [2.45, 2.75) is 58.4 Å². The largest absolute Gasteiger partial charge is 0.340 e. The molecule has 1 heterocycles. The van der Waals surface area contributed by atoms with Gasteiger partial charge in [-0.1, -0.05) is 20.3 Å². The van der Waals surface area contributed by atoms with Gasteiger partial charge in [-0.2, -0.15) is 5.26 Å². The number of amides is 1. The van der Waals surface area contributed by atoms with E-state index in [1.165, 1.54) is 12.8 Å².